The van der Waals surface area contributed by atoms with Crippen LogP contribution in [0.4, 0.5) is 11.8 Å². The highest BCUT2D eigenvalue weighted by molar-refractivity contribution is 7.99. The maximum atomic E-state index is 5.72. The summed E-state index contributed by atoms with van der Waals surface area (Å²) in [7, 11) is 0. The summed E-state index contributed by atoms with van der Waals surface area (Å²) in [6.45, 7) is 4.21. The standard InChI is InChI=1S/C27H33N7OS2/c36-25(30-20-27(11-17-35-18-12-27)21-9-4-3-5-10-21)33-24-31-22(34-15-6-1-2-7-16-34)19-23(32-24)37-26-28-13-8-14-29-26/h3-5,8-10,13-14,19H,1-2,6-7,11-12,15-18,20H2,(H2,30,31,32,33,36). The van der Waals surface area contributed by atoms with Gasteiger partial charge in [-0.05, 0) is 61.3 Å². The Morgan fingerprint density at radius 3 is 2.43 bits per heavy atom. The molecule has 0 amide bonds. The zero-order valence-corrected chi connectivity index (χ0v) is 22.6. The van der Waals surface area contributed by atoms with Crippen LogP contribution in [0.3, 0.4) is 0 Å². The molecule has 0 aliphatic carbocycles. The van der Waals surface area contributed by atoms with Crippen LogP contribution in [0, 0.1) is 0 Å². The summed E-state index contributed by atoms with van der Waals surface area (Å²) in [5.41, 5.74) is 1.29. The molecule has 194 valence electrons. The van der Waals surface area contributed by atoms with E-state index in [9.17, 15) is 0 Å². The summed E-state index contributed by atoms with van der Waals surface area (Å²) in [4.78, 5) is 20.6. The molecule has 0 saturated carbocycles. The van der Waals surface area contributed by atoms with Crippen LogP contribution in [0.15, 0.2) is 65.0 Å². The van der Waals surface area contributed by atoms with Crippen LogP contribution in [0.2, 0.25) is 0 Å². The van der Waals surface area contributed by atoms with Crippen molar-refractivity contribution in [1.29, 1.82) is 0 Å². The van der Waals surface area contributed by atoms with Crippen molar-refractivity contribution in [3.63, 3.8) is 0 Å². The Hall–Kier alpha value is -2.82. The molecular weight excluding hydrogens is 502 g/mol. The van der Waals surface area contributed by atoms with Crippen molar-refractivity contribution in [2.75, 3.05) is 43.1 Å². The quantitative estimate of drug-likeness (QED) is 0.249. The molecule has 2 aromatic heterocycles. The molecule has 10 heteroatoms. The van der Waals surface area contributed by atoms with Gasteiger partial charge in [-0.3, -0.25) is 0 Å². The van der Waals surface area contributed by atoms with E-state index in [4.69, 9.17) is 26.9 Å². The molecule has 4 heterocycles. The highest BCUT2D eigenvalue weighted by Crippen LogP contribution is 2.34. The summed E-state index contributed by atoms with van der Waals surface area (Å²) in [5, 5.41) is 8.67. The maximum Gasteiger partial charge on any atom is 0.232 e. The Labute approximate surface area is 228 Å². The zero-order valence-electron chi connectivity index (χ0n) is 20.9. The number of nitrogens with zero attached hydrogens (tertiary/aromatic N) is 5. The summed E-state index contributed by atoms with van der Waals surface area (Å²) < 4.78 is 5.68. The topological polar surface area (TPSA) is 88.1 Å². The zero-order chi connectivity index (χ0) is 25.3. The van der Waals surface area contributed by atoms with E-state index in [0.717, 1.165) is 56.5 Å². The molecule has 0 spiro atoms. The van der Waals surface area contributed by atoms with Crippen LogP contribution in [0.1, 0.15) is 44.1 Å². The molecule has 1 aromatic carbocycles. The van der Waals surface area contributed by atoms with E-state index in [1.54, 1.807) is 12.4 Å². The normalized spacial score (nSPS) is 17.6. The third-order valence-corrected chi connectivity index (χ3v) is 8.06. The second kappa shape index (κ2) is 12.6. The molecule has 2 fully saturated rings. The number of ether oxygens (including phenoxy) is 1. The van der Waals surface area contributed by atoms with Crippen LogP contribution in [-0.2, 0) is 10.2 Å². The van der Waals surface area contributed by atoms with Gasteiger partial charge in [0.05, 0.1) is 0 Å². The summed E-state index contributed by atoms with van der Waals surface area (Å²) in [6, 6.07) is 14.5. The molecule has 8 nitrogen and oxygen atoms in total. The molecule has 0 bridgehead atoms. The van der Waals surface area contributed by atoms with Crippen molar-refractivity contribution in [1.82, 2.24) is 25.3 Å². The number of nitrogens with one attached hydrogen (secondary N) is 2. The number of benzene rings is 1. The third kappa shape index (κ3) is 6.94. The number of hydrogen-bond donors (Lipinski definition) is 2. The molecule has 2 aliphatic heterocycles. The van der Waals surface area contributed by atoms with Gasteiger partial charge in [0.1, 0.15) is 10.8 Å². The van der Waals surface area contributed by atoms with Crippen LogP contribution in [-0.4, -0.2) is 57.9 Å². The highest BCUT2D eigenvalue weighted by atomic mass is 32.2. The molecule has 2 N–H and O–H groups in total. The van der Waals surface area contributed by atoms with E-state index in [1.165, 1.54) is 43.0 Å². The Balaban J connectivity index is 1.32. The second-order valence-corrected chi connectivity index (χ2v) is 10.9. The summed E-state index contributed by atoms with van der Waals surface area (Å²) >= 11 is 7.15. The van der Waals surface area contributed by atoms with Crippen LogP contribution < -0.4 is 15.5 Å². The third-order valence-electron chi connectivity index (χ3n) is 7.01. The van der Waals surface area contributed by atoms with Gasteiger partial charge < -0.3 is 20.3 Å². The lowest BCUT2D eigenvalue weighted by Gasteiger charge is -2.38. The predicted molar refractivity (Wildman–Crippen MR) is 151 cm³/mol. The van der Waals surface area contributed by atoms with Crippen molar-refractivity contribution in [2.24, 2.45) is 0 Å². The Morgan fingerprint density at radius 1 is 0.973 bits per heavy atom. The molecule has 0 unspecified atom stereocenters. The van der Waals surface area contributed by atoms with Crippen molar-refractivity contribution < 1.29 is 4.74 Å². The van der Waals surface area contributed by atoms with E-state index in [2.05, 4.69) is 55.8 Å². The van der Waals surface area contributed by atoms with E-state index < -0.39 is 0 Å². The molecule has 3 aromatic rings. The van der Waals surface area contributed by atoms with Crippen LogP contribution >= 0.6 is 24.0 Å². The molecule has 37 heavy (non-hydrogen) atoms. The van der Waals surface area contributed by atoms with Gasteiger partial charge in [-0.1, -0.05) is 43.2 Å². The van der Waals surface area contributed by atoms with Gasteiger partial charge in [0.25, 0.3) is 0 Å². The first-order valence-corrected chi connectivity index (χ1v) is 14.2. The molecule has 5 rings (SSSR count). The fourth-order valence-corrected chi connectivity index (χ4v) is 5.81. The number of thiocarbonyl (C=S) groups is 1. The van der Waals surface area contributed by atoms with Crippen molar-refractivity contribution in [3.8, 4) is 0 Å². The highest BCUT2D eigenvalue weighted by Gasteiger charge is 2.34. The smallest absolute Gasteiger partial charge is 0.232 e. The molecule has 2 aliphatic rings. The summed E-state index contributed by atoms with van der Waals surface area (Å²) in [6.07, 6.45) is 10.2. The van der Waals surface area contributed by atoms with Gasteiger partial charge in [0.15, 0.2) is 10.3 Å². The lowest BCUT2D eigenvalue weighted by Crippen LogP contribution is -2.45. The number of rotatable bonds is 7. The van der Waals surface area contributed by atoms with E-state index in [0.29, 0.717) is 16.2 Å². The minimum absolute atomic E-state index is 0.0222. The molecular formula is C27H33N7OS2. The predicted octanol–water partition coefficient (Wildman–Crippen LogP) is 4.83. The first kappa shape index (κ1) is 25.8. The van der Waals surface area contributed by atoms with E-state index in [1.807, 2.05) is 12.1 Å². The Kier molecular flexibility index (Phi) is 8.80. The number of hydrogen-bond acceptors (Lipinski definition) is 8. The van der Waals surface area contributed by atoms with Crippen molar-refractivity contribution in [3.05, 3.63) is 60.4 Å². The lowest BCUT2D eigenvalue weighted by molar-refractivity contribution is 0.0515. The average molecular weight is 536 g/mol. The van der Waals surface area contributed by atoms with Crippen molar-refractivity contribution in [2.45, 2.75) is 54.1 Å². The van der Waals surface area contributed by atoms with Gasteiger partial charge in [-0.25, -0.2) is 15.0 Å². The Bertz CT molecular complexity index is 1150. The van der Waals surface area contributed by atoms with Gasteiger partial charge in [0.2, 0.25) is 5.95 Å². The minimum Gasteiger partial charge on any atom is -0.381 e. The van der Waals surface area contributed by atoms with E-state index in [-0.39, 0.29) is 5.41 Å². The van der Waals surface area contributed by atoms with Crippen molar-refractivity contribution >= 4 is 40.9 Å². The van der Waals surface area contributed by atoms with Gasteiger partial charge in [-0.15, -0.1) is 0 Å². The van der Waals surface area contributed by atoms with Gasteiger partial charge in [0, 0.05) is 56.7 Å². The van der Waals surface area contributed by atoms with E-state index >= 15 is 0 Å². The molecule has 0 atom stereocenters. The fraction of sp³-hybridized carbons (Fsp3) is 0.444. The first-order chi connectivity index (χ1) is 18.2. The second-order valence-electron chi connectivity index (χ2n) is 9.49. The number of aromatic nitrogens is 4. The minimum atomic E-state index is -0.0222. The summed E-state index contributed by atoms with van der Waals surface area (Å²) in [5.74, 6) is 1.39. The number of anilines is 2. The molecule has 0 radical (unpaired) electrons. The van der Waals surface area contributed by atoms with Crippen LogP contribution in [0.5, 0.6) is 0 Å². The Morgan fingerprint density at radius 2 is 1.70 bits per heavy atom. The average Bonchev–Trinajstić information content (AvgIpc) is 3.23. The fourth-order valence-electron chi connectivity index (χ4n) is 4.93. The molecule has 2 saturated heterocycles. The SMILES string of the molecule is S=C(NCC1(c2ccccc2)CCOCC1)Nc1nc(Sc2ncccn2)cc(N2CCCCCC2)n1. The van der Waals surface area contributed by atoms with Gasteiger partial charge >= 0.3 is 0 Å². The lowest BCUT2D eigenvalue weighted by atomic mass is 9.74. The maximum absolute atomic E-state index is 5.72. The van der Waals surface area contributed by atoms with Crippen LogP contribution in [0.25, 0.3) is 0 Å². The largest absolute Gasteiger partial charge is 0.381 e. The first-order valence-electron chi connectivity index (χ1n) is 13.0. The van der Waals surface area contributed by atoms with Gasteiger partial charge in [-0.2, -0.15) is 4.98 Å². The monoisotopic (exact) mass is 535 g/mol.